The van der Waals surface area contributed by atoms with E-state index < -0.39 is 5.97 Å². The topological polar surface area (TPSA) is 68.3 Å². The minimum absolute atomic E-state index is 0.0861. The quantitative estimate of drug-likeness (QED) is 0.749. The summed E-state index contributed by atoms with van der Waals surface area (Å²) in [4.78, 5) is 15.2. The minimum atomic E-state index is -1.08. The summed E-state index contributed by atoms with van der Waals surface area (Å²) < 4.78 is 7.13. The van der Waals surface area contributed by atoms with Crippen LogP contribution in [0, 0.1) is 0 Å². The Balaban J connectivity index is 2.18. The number of carboxylic acid groups (broad SMARTS) is 1. The second kappa shape index (κ2) is 3.73. The molecule has 3 rings (SSSR count). The summed E-state index contributed by atoms with van der Waals surface area (Å²) in [5.74, 6) is -0.105. The average molecular weight is 242 g/mol. The third-order valence-corrected chi connectivity index (χ3v) is 2.82. The van der Waals surface area contributed by atoms with Crippen molar-refractivity contribution < 1.29 is 14.3 Å². The first-order chi connectivity index (χ1) is 8.66. The molecule has 0 aliphatic heterocycles. The summed E-state index contributed by atoms with van der Waals surface area (Å²) in [6.07, 6.45) is 0. The first-order valence-corrected chi connectivity index (χ1v) is 5.42. The molecule has 0 radical (unpaired) electrons. The SMILES string of the molecule is Cn1c(-c2ccc(C(=O)O)o2)nc2ccccc21. The van der Waals surface area contributed by atoms with Crippen LogP contribution in [0.3, 0.4) is 0 Å². The summed E-state index contributed by atoms with van der Waals surface area (Å²) in [5.41, 5.74) is 1.82. The van der Waals surface area contributed by atoms with Gasteiger partial charge in [0, 0.05) is 7.05 Å². The zero-order valence-corrected chi connectivity index (χ0v) is 9.62. The number of fused-ring (bicyclic) bond motifs is 1. The van der Waals surface area contributed by atoms with Gasteiger partial charge in [-0.1, -0.05) is 12.1 Å². The van der Waals surface area contributed by atoms with Gasteiger partial charge in [0.05, 0.1) is 11.0 Å². The number of carbonyl (C=O) groups is 1. The van der Waals surface area contributed by atoms with Crippen molar-refractivity contribution in [3.63, 3.8) is 0 Å². The lowest BCUT2D eigenvalue weighted by Crippen LogP contribution is -1.93. The smallest absolute Gasteiger partial charge is 0.371 e. The Morgan fingerprint density at radius 2 is 2.06 bits per heavy atom. The minimum Gasteiger partial charge on any atom is -0.475 e. The molecule has 3 aromatic rings. The Hall–Kier alpha value is -2.56. The zero-order chi connectivity index (χ0) is 12.7. The fourth-order valence-corrected chi connectivity index (χ4v) is 1.94. The van der Waals surface area contributed by atoms with Crippen LogP contribution in [-0.2, 0) is 7.05 Å². The summed E-state index contributed by atoms with van der Waals surface area (Å²) in [6.45, 7) is 0. The zero-order valence-electron chi connectivity index (χ0n) is 9.62. The van der Waals surface area contributed by atoms with Gasteiger partial charge in [-0.3, -0.25) is 0 Å². The third-order valence-electron chi connectivity index (χ3n) is 2.82. The molecule has 0 spiro atoms. The first-order valence-electron chi connectivity index (χ1n) is 5.42. The maximum Gasteiger partial charge on any atom is 0.371 e. The van der Waals surface area contributed by atoms with Crippen molar-refractivity contribution in [3.05, 3.63) is 42.2 Å². The summed E-state index contributed by atoms with van der Waals surface area (Å²) >= 11 is 0. The molecule has 0 unspecified atom stereocenters. The number of rotatable bonds is 2. The van der Waals surface area contributed by atoms with Crippen LogP contribution in [0.25, 0.3) is 22.6 Å². The molecule has 0 amide bonds. The molecule has 2 heterocycles. The molecule has 1 aromatic carbocycles. The van der Waals surface area contributed by atoms with Gasteiger partial charge in [0.2, 0.25) is 5.76 Å². The number of benzene rings is 1. The Bertz CT molecular complexity index is 740. The lowest BCUT2D eigenvalue weighted by molar-refractivity contribution is 0.0663. The number of para-hydroxylation sites is 2. The highest BCUT2D eigenvalue weighted by Crippen LogP contribution is 2.25. The highest BCUT2D eigenvalue weighted by molar-refractivity contribution is 5.85. The number of aryl methyl sites for hydroxylation is 1. The van der Waals surface area contributed by atoms with Crippen LogP contribution in [0.4, 0.5) is 0 Å². The predicted octanol–water partition coefficient (Wildman–Crippen LogP) is 2.53. The molecule has 0 atom stereocenters. The van der Waals surface area contributed by atoms with Gasteiger partial charge in [0.1, 0.15) is 0 Å². The first kappa shape index (κ1) is 10.6. The second-order valence-electron chi connectivity index (χ2n) is 3.95. The van der Waals surface area contributed by atoms with E-state index in [2.05, 4.69) is 4.98 Å². The van der Waals surface area contributed by atoms with Gasteiger partial charge >= 0.3 is 5.97 Å². The van der Waals surface area contributed by atoms with Crippen LogP contribution < -0.4 is 0 Å². The molecule has 2 aromatic heterocycles. The van der Waals surface area contributed by atoms with E-state index >= 15 is 0 Å². The van der Waals surface area contributed by atoms with Crippen molar-refractivity contribution in [2.75, 3.05) is 0 Å². The van der Waals surface area contributed by atoms with E-state index in [1.807, 2.05) is 35.9 Å². The number of carboxylic acids is 1. The van der Waals surface area contributed by atoms with E-state index in [0.717, 1.165) is 11.0 Å². The van der Waals surface area contributed by atoms with Crippen molar-refractivity contribution in [1.82, 2.24) is 9.55 Å². The van der Waals surface area contributed by atoms with Gasteiger partial charge in [0.25, 0.3) is 0 Å². The van der Waals surface area contributed by atoms with E-state index in [0.29, 0.717) is 11.6 Å². The van der Waals surface area contributed by atoms with Crippen LogP contribution in [0.1, 0.15) is 10.6 Å². The molecule has 0 bridgehead atoms. The van der Waals surface area contributed by atoms with Gasteiger partial charge in [0.15, 0.2) is 11.6 Å². The van der Waals surface area contributed by atoms with Crippen molar-refractivity contribution in [2.24, 2.45) is 7.05 Å². The fourth-order valence-electron chi connectivity index (χ4n) is 1.94. The normalized spacial score (nSPS) is 10.9. The van der Waals surface area contributed by atoms with Crippen LogP contribution in [-0.4, -0.2) is 20.6 Å². The molecular weight excluding hydrogens is 232 g/mol. The van der Waals surface area contributed by atoms with Crippen LogP contribution in [0.15, 0.2) is 40.8 Å². The van der Waals surface area contributed by atoms with Gasteiger partial charge in [-0.15, -0.1) is 0 Å². The molecular formula is C13H10N2O3. The van der Waals surface area contributed by atoms with E-state index in [-0.39, 0.29) is 5.76 Å². The molecule has 5 nitrogen and oxygen atoms in total. The lowest BCUT2D eigenvalue weighted by atomic mass is 10.3. The molecule has 90 valence electrons. The van der Waals surface area contributed by atoms with E-state index in [4.69, 9.17) is 9.52 Å². The molecule has 0 aliphatic rings. The number of imidazole rings is 1. The Morgan fingerprint density at radius 3 is 2.72 bits per heavy atom. The highest BCUT2D eigenvalue weighted by atomic mass is 16.4. The van der Waals surface area contributed by atoms with E-state index in [1.54, 1.807) is 6.07 Å². The number of nitrogens with zero attached hydrogens (tertiary/aromatic N) is 2. The number of furan rings is 1. The summed E-state index contributed by atoms with van der Waals surface area (Å²) in [7, 11) is 1.87. The van der Waals surface area contributed by atoms with Gasteiger partial charge in [-0.2, -0.15) is 0 Å². The third kappa shape index (κ3) is 1.48. The van der Waals surface area contributed by atoms with Crippen molar-refractivity contribution >= 4 is 17.0 Å². The van der Waals surface area contributed by atoms with Crippen molar-refractivity contribution in [3.8, 4) is 11.6 Å². The maximum atomic E-state index is 10.8. The van der Waals surface area contributed by atoms with E-state index in [9.17, 15) is 4.79 Å². The Labute approximate surface area is 102 Å². The Morgan fingerprint density at radius 1 is 1.28 bits per heavy atom. The molecule has 5 heteroatoms. The fraction of sp³-hybridized carbons (Fsp3) is 0.0769. The van der Waals surface area contributed by atoms with Crippen LogP contribution in [0.5, 0.6) is 0 Å². The largest absolute Gasteiger partial charge is 0.475 e. The molecule has 0 saturated heterocycles. The van der Waals surface area contributed by atoms with Gasteiger partial charge in [-0.05, 0) is 24.3 Å². The number of aromatic nitrogens is 2. The molecule has 1 N–H and O–H groups in total. The monoisotopic (exact) mass is 242 g/mol. The lowest BCUT2D eigenvalue weighted by Gasteiger charge is -1.98. The van der Waals surface area contributed by atoms with Crippen molar-refractivity contribution in [1.29, 1.82) is 0 Å². The average Bonchev–Trinajstić information content (AvgIpc) is 2.95. The number of aromatic carboxylic acids is 1. The molecule has 18 heavy (non-hydrogen) atoms. The van der Waals surface area contributed by atoms with Crippen LogP contribution in [0.2, 0.25) is 0 Å². The van der Waals surface area contributed by atoms with Gasteiger partial charge < -0.3 is 14.1 Å². The Kier molecular flexibility index (Phi) is 2.19. The molecule has 0 fully saturated rings. The highest BCUT2D eigenvalue weighted by Gasteiger charge is 2.15. The molecule has 0 aliphatic carbocycles. The number of hydrogen-bond donors (Lipinski definition) is 1. The standard InChI is InChI=1S/C13H10N2O3/c1-15-9-5-3-2-4-8(9)14-12(15)10-6-7-11(18-10)13(16)17/h2-7H,1H3,(H,16,17). The summed E-state index contributed by atoms with van der Waals surface area (Å²) in [5, 5.41) is 8.83. The summed E-state index contributed by atoms with van der Waals surface area (Å²) in [6, 6.07) is 10.7. The second-order valence-corrected chi connectivity index (χ2v) is 3.95. The van der Waals surface area contributed by atoms with Crippen molar-refractivity contribution in [2.45, 2.75) is 0 Å². The van der Waals surface area contributed by atoms with Crippen LogP contribution >= 0.6 is 0 Å². The predicted molar refractivity (Wildman–Crippen MR) is 65.4 cm³/mol. The molecule has 0 saturated carbocycles. The van der Waals surface area contributed by atoms with Gasteiger partial charge in [-0.25, -0.2) is 9.78 Å². The van der Waals surface area contributed by atoms with E-state index in [1.165, 1.54) is 6.07 Å². The maximum absolute atomic E-state index is 10.8. The number of hydrogen-bond acceptors (Lipinski definition) is 3.